The highest BCUT2D eigenvalue weighted by Gasteiger charge is 2.17. The van der Waals surface area contributed by atoms with E-state index in [2.05, 4.69) is 31.1 Å². The molecule has 0 fully saturated rings. The zero-order valence-electron chi connectivity index (χ0n) is 10.8. The highest BCUT2D eigenvalue weighted by Crippen LogP contribution is 2.26. The largest absolute Gasteiger partial charge is 0.394 e. The van der Waals surface area contributed by atoms with Crippen molar-refractivity contribution in [3.63, 3.8) is 0 Å². The number of aliphatic hydroxyl groups is 1. The minimum absolute atomic E-state index is 0.0871. The molecule has 0 aliphatic rings. The summed E-state index contributed by atoms with van der Waals surface area (Å²) in [4.78, 5) is 5.68. The lowest BCUT2D eigenvalue weighted by Gasteiger charge is -2.13. The number of hydrogen-bond acceptors (Lipinski definition) is 5. The fourth-order valence-electron chi connectivity index (χ4n) is 1.26. The fraction of sp³-hybridized carbons (Fsp3) is 0.750. The molecule has 0 unspecified atom stereocenters. The molecule has 2 N–H and O–H groups in total. The molecule has 1 aromatic heterocycles. The summed E-state index contributed by atoms with van der Waals surface area (Å²) >= 11 is 1.75. The normalized spacial score (nSPS) is 12.0. The predicted octanol–water partition coefficient (Wildman–Crippen LogP) is 1.54. The molecule has 0 aliphatic heterocycles. The van der Waals surface area contributed by atoms with Gasteiger partial charge < -0.3 is 15.2 Å². The third-order valence-corrected chi connectivity index (χ3v) is 3.58. The Labute approximate surface area is 107 Å². The smallest absolute Gasteiger partial charge is 0.0981 e. The van der Waals surface area contributed by atoms with E-state index >= 15 is 0 Å². The van der Waals surface area contributed by atoms with Crippen molar-refractivity contribution in [2.45, 2.75) is 32.7 Å². The van der Waals surface area contributed by atoms with Crippen molar-refractivity contribution < 1.29 is 9.84 Å². The Morgan fingerprint density at radius 1 is 1.41 bits per heavy atom. The Morgan fingerprint density at radius 2 is 2.18 bits per heavy atom. The average molecular weight is 258 g/mol. The van der Waals surface area contributed by atoms with Crippen LogP contribution in [0.3, 0.4) is 0 Å². The van der Waals surface area contributed by atoms with Crippen LogP contribution in [-0.2, 0) is 16.7 Å². The highest BCUT2D eigenvalue weighted by molar-refractivity contribution is 7.11. The Kier molecular flexibility index (Phi) is 6.05. The summed E-state index contributed by atoms with van der Waals surface area (Å²) in [5.41, 5.74) is 0.132. The summed E-state index contributed by atoms with van der Waals surface area (Å²) in [6.07, 6.45) is 1.94. The van der Waals surface area contributed by atoms with Gasteiger partial charge in [-0.3, -0.25) is 0 Å². The first-order valence-electron chi connectivity index (χ1n) is 5.88. The first-order chi connectivity index (χ1) is 8.04. The van der Waals surface area contributed by atoms with Crippen LogP contribution in [0, 0.1) is 0 Å². The molecule has 1 heterocycles. The standard InChI is InChI=1S/C12H22N2O2S/c1-12(2,3)11-14-9-10(17-11)8-13-4-6-16-7-5-15/h9,13,15H,4-8H2,1-3H3. The molecule has 17 heavy (non-hydrogen) atoms. The molecule has 0 radical (unpaired) electrons. The predicted molar refractivity (Wildman–Crippen MR) is 70.4 cm³/mol. The van der Waals surface area contributed by atoms with Crippen LogP contribution in [0.2, 0.25) is 0 Å². The van der Waals surface area contributed by atoms with Gasteiger partial charge in [0.1, 0.15) is 0 Å². The number of thiazole rings is 1. The number of aromatic nitrogens is 1. The Balaban J connectivity index is 2.21. The molecule has 98 valence electrons. The van der Waals surface area contributed by atoms with Gasteiger partial charge >= 0.3 is 0 Å². The van der Waals surface area contributed by atoms with Gasteiger partial charge in [-0.1, -0.05) is 20.8 Å². The SMILES string of the molecule is CC(C)(C)c1ncc(CNCCOCCO)s1. The molecule has 0 saturated heterocycles. The first-order valence-corrected chi connectivity index (χ1v) is 6.70. The number of hydrogen-bond donors (Lipinski definition) is 2. The van der Waals surface area contributed by atoms with E-state index in [1.54, 1.807) is 11.3 Å². The van der Waals surface area contributed by atoms with Crippen molar-refractivity contribution in [2.24, 2.45) is 0 Å². The zero-order valence-corrected chi connectivity index (χ0v) is 11.6. The van der Waals surface area contributed by atoms with Crippen molar-refractivity contribution in [1.29, 1.82) is 0 Å². The molecule has 0 aromatic carbocycles. The van der Waals surface area contributed by atoms with Gasteiger partial charge in [-0.15, -0.1) is 11.3 Å². The second-order valence-electron chi connectivity index (χ2n) is 4.89. The van der Waals surface area contributed by atoms with E-state index in [9.17, 15) is 0 Å². The highest BCUT2D eigenvalue weighted by atomic mass is 32.1. The van der Waals surface area contributed by atoms with E-state index < -0.39 is 0 Å². The first kappa shape index (κ1) is 14.6. The number of ether oxygens (including phenoxy) is 1. The van der Waals surface area contributed by atoms with Crippen molar-refractivity contribution in [3.8, 4) is 0 Å². The summed E-state index contributed by atoms with van der Waals surface area (Å²) in [5, 5.41) is 13.0. The van der Waals surface area contributed by atoms with Gasteiger partial charge in [0.2, 0.25) is 0 Å². The van der Waals surface area contributed by atoms with Crippen molar-refractivity contribution in [1.82, 2.24) is 10.3 Å². The second kappa shape index (κ2) is 7.06. The third-order valence-electron chi connectivity index (χ3n) is 2.15. The topological polar surface area (TPSA) is 54.4 Å². The lowest BCUT2D eigenvalue weighted by atomic mass is 9.98. The maximum absolute atomic E-state index is 8.53. The number of rotatable bonds is 7. The van der Waals surface area contributed by atoms with E-state index in [-0.39, 0.29) is 12.0 Å². The van der Waals surface area contributed by atoms with Gasteiger partial charge in [-0.25, -0.2) is 4.98 Å². The zero-order chi connectivity index (χ0) is 12.7. The van der Waals surface area contributed by atoms with Crippen molar-refractivity contribution >= 4 is 11.3 Å². The van der Waals surface area contributed by atoms with E-state index in [1.165, 1.54) is 9.88 Å². The number of aliphatic hydroxyl groups excluding tert-OH is 1. The quantitative estimate of drug-likeness (QED) is 0.728. The monoisotopic (exact) mass is 258 g/mol. The molecular weight excluding hydrogens is 236 g/mol. The molecule has 0 atom stereocenters. The summed E-state index contributed by atoms with van der Waals surface area (Å²) in [5.74, 6) is 0. The fourth-order valence-corrected chi connectivity index (χ4v) is 2.20. The molecule has 0 spiro atoms. The van der Waals surface area contributed by atoms with Crippen LogP contribution in [0.25, 0.3) is 0 Å². The van der Waals surface area contributed by atoms with E-state index in [0.717, 1.165) is 13.1 Å². The van der Waals surface area contributed by atoms with Crippen LogP contribution in [-0.4, -0.2) is 36.5 Å². The van der Waals surface area contributed by atoms with Crippen molar-refractivity contribution in [3.05, 3.63) is 16.1 Å². The Hall–Kier alpha value is -0.490. The Bertz CT molecular complexity index is 321. The van der Waals surface area contributed by atoms with Crippen LogP contribution >= 0.6 is 11.3 Å². The number of nitrogens with one attached hydrogen (secondary N) is 1. The van der Waals surface area contributed by atoms with Crippen LogP contribution in [0.1, 0.15) is 30.7 Å². The van der Waals surface area contributed by atoms with E-state index in [0.29, 0.717) is 13.2 Å². The van der Waals surface area contributed by atoms with Gasteiger partial charge in [-0.05, 0) is 0 Å². The van der Waals surface area contributed by atoms with Crippen molar-refractivity contribution in [2.75, 3.05) is 26.4 Å². The maximum atomic E-state index is 8.53. The van der Waals surface area contributed by atoms with E-state index in [4.69, 9.17) is 9.84 Å². The molecule has 4 nitrogen and oxygen atoms in total. The summed E-state index contributed by atoms with van der Waals surface area (Å²) in [7, 11) is 0. The molecule has 5 heteroatoms. The second-order valence-corrected chi connectivity index (χ2v) is 6.01. The molecule has 0 saturated carbocycles. The van der Waals surface area contributed by atoms with E-state index in [1.807, 2.05) is 6.20 Å². The van der Waals surface area contributed by atoms with Crippen LogP contribution in [0.4, 0.5) is 0 Å². The van der Waals surface area contributed by atoms with Gasteiger partial charge in [0.25, 0.3) is 0 Å². The molecule has 0 bridgehead atoms. The average Bonchev–Trinajstić information content (AvgIpc) is 2.71. The minimum Gasteiger partial charge on any atom is -0.394 e. The summed E-state index contributed by atoms with van der Waals surface area (Å²) in [6.45, 7) is 9.27. The van der Waals surface area contributed by atoms with Crippen LogP contribution in [0.5, 0.6) is 0 Å². The van der Waals surface area contributed by atoms with Gasteiger partial charge in [0.15, 0.2) is 0 Å². The lowest BCUT2D eigenvalue weighted by Crippen LogP contribution is -2.19. The molecule has 1 aromatic rings. The third kappa shape index (κ3) is 5.59. The lowest BCUT2D eigenvalue weighted by molar-refractivity contribution is 0.0938. The molecule has 0 aliphatic carbocycles. The van der Waals surface area contributed by atoms with Crippen LogP contribution in [0.15, 0.2) is 6.20 Å². The van der Waals surface area contributed by atoms with Gasteiger partial charge in [-0.2, -0.15) is 0 Å². The summed E-state index contributed by atoms with van der Waals surface area (Å²) < 4.78 is 5.16. The summed E-state index contributed by atoms with van der Waals surface area (Å²) in [6, 6.07) is 0. The van der Waals surface area contributed by atoms with Gasteiger partial charge in [0, 0.05) is 29.6 Å². The minimum atomic E-state index is 0.0871. The van der Waals surface area contributed by atoms with Gasteiger partial charge in [0.05, 0.1) is 24.8 Å². The molecule has 1 rings (SSSR count). The maximum Gasteiger partial charge on any atom is 0.0981 e. The van der Waals surface area contributed by atoms with Crippen LogP contribution < -0.4 is 5.32 Å². The molecule has 0 amide bonds. The Morgan fingerprint density at radius 3 is 2.76 bits per heavy atom. The number of nitrogens with zero attached hydrogens (tertiary/aromatic N) is 1. The molecular formula is C12H22N2O2S.